The van der Waals surface area contributed by atoms with E-state index in [2.05, 4.69) is 61.9 Å². The molecule has 1 heterocycles. The predicted octanol–water partition coefficient (Wildman–Crippen LogP) is 4.69. The summed E-state index contributed by atoms with van der Waals surface area (Å²) in [5, 5.41) is 4.21. The molecule has 2 aromatic rings. The molecule has 0 fully saturated rings. The maximum atomic E-state index is 6.37. The van der Waals surface area contributed by atoms with Crippen LogP contribution in [0.2, 0.25) is 0 Å². The van der Waals surface area contributed by atoms with Crippen LogP contribution >= 0.6 is 23.1 Å². The zero-order chi connectivity index (χ0) is 13.2. The topological polar surface area (TPSA) is 26.0 Å². The van der Waals surface area contributed by atoms with E-state index in [1.165, 1.54) is 16.0 Å². The van der Waals surface area contributed by atoms with Crippen molar-refractivity contribution < 1.29 is 0 Å². The normalized spacial score (nSPS) is 13.6. The number of thiophene rings is 1. The molecule has 96 valence electrons. The van der Waals surface area contributed by atoms with Gasteiger partial charge >= 0.3 is 0 Å². The molecule has 3 heteroatoms. The standard InChI is InChI=1S/C15H19NS2/c1-15(2,3)18-13-7-5-4-6-12(13)14(16)11-8-9-17-10-11/h4-10,14H,16H2,1-3H3/t14-/m0/s1. The van der Waals surface area contributed by atoms with Crippen LogP contribution in [0.15, 0.2) is 46.0 Å². The molecule has 0 aliphatic rings. The first kappa shape index (κ1) is 13.7. The molecule has 1 aromatic carbocycles. The van der Waals surface area contributed by atoms with Gasteiger partial charge < -0.3 is 5.73 Å². The second kappa shape index (κ2) is 5.47. The number of nitrogens with two attached hydrogens (primary N) is 1. The predicted molar refractivity (Wildman–Crippen MR) is 82.4 cm³/mol. The maximum absolute atomic E-state index is 6.37. The lowest BCUT2D eigenvalue weighted by Crippen LogP contribution is -2.14. The van der Waals surface area contributed by atoms with Crippen molar-refractivity contribution >= 4 is 23.1 Å². The molecule has 18 heavy (non-hydrogen) atoms. The monoisotopic (exact) mass is 277 g/mol. The van der Waals surface area contributed by atoms with Gasteiger partial charge in [-0.05, 0) is 34.0 Å². The van der Waals surface area contributed by atoms with E-state index in [1.54, 1.807) is 11.3 Å². The molecule has 0 amide bonds. The van der Waals surface area contributed by atoms with Gasteiger partial charge in [-0.15, -0.1) is 11.8 Å². The molecule has 0 unspecified atom stereocenters. The fraction of sp³-hybridized carbons (Fsp3) is 0.333. The lowest BCUT2D eigenvalue weighted by atomic mass is 10.0. The Balaban J connectivity index is 2.33. The van der Waals surface area contributed by atoms with E-state index in [0.29, 0.717) is 0 Å². The Morgan fingerprint density at radius 2 is 1.89 bits per heavy atom. The smallest absolute Gasteiger partial charge is 0.0570 e. The fourth-order valence-electron chi connectivity index (χ4n) is 1.79. The molecule has 0 saturated heterocycles. The summed E-state index contributed by atoms with van der Waals surface area (Å²) in [7, 11) is 0. The average molecular weight is 277 g/mol. The van der Waals surface area contributed by atoms with E-state index >= 15 is 0 Å². The number of benzene rings is 1. The maximum Gasteiger partial charge on any atom is 0.0570 e. The number of thioether (sulfide) groups is 1. The molecule has 1 atom stereocenters. The van der Waals surface area contributed by atoms with Gasteiger partial charge in [0.2, 0.25) is 0 Å². The Labute approximate surface area is 117 Å². The third-order valence-electron chi connectivity index (χ3n) is 2.57. The van der Waals surface area contributed by atoms with Crippen molar-refractivity contribution in [2.24, 2.45) is 5.73 Å². The van der Waals surface area contributed by atoms with Gasteiger partial charge in [-0.3, -0.25) is 0 Å². The number of rotatable bonds is 3. The lowest BCUT2D eigenvalue weighted by molar-refractivity contribution is 0.796. The number of hydrogen-bond donors (Lipinski definition) is 1. The Bertz CT molecular complexity index is 497. The van der Waals surface area contributed by atoms with Crippen molar-refractivity contribution in [3.63, 3.8) is 0 Å². The van der Waals surface area contributed by atoms with E-state index in [1.807, 2.05) is 11.8 Å². The molecule has 2 N–H and O–H groups in total. The van der Waals surface area contributed by atoms with Gasteiger partial charge in [-0.1, -0.05) is 39.0 Å². The van der Waals surface area contributed by atoms with Gasteiger partial charge in [0.15, 0.2) is 0 Å². The zero-order valence-electron chi connectivity index (χ0n) is 11.0. The minimum atomic E-state index is -0.0256. The van der Waals surface area contributed by atoms with E-state index in [4.69, 9.17) is 5.73 Å². The third-order valence-corrected chi connectivity index (χ3v) is 4.48. The van der Waals surface area contributed by atoms with Crippen LogP contribution in [0, 0.1) is 0 Å². The van der Waals surface area contributed by atoms with Gasteiger partial charge in [0.25, 0.3) is 0 Å². The van der Waals surface area contributed by atoms with E-state index in [9.17, 15) is 0 Å². The highest BCUT2D eigenvalue weighted by Crippen LogP contribution is 2.37. The minimum Gasteiger partial charge on any atom is -0.320 e. The summed E-state index contributed by atoms with van der Waals surface area (Å²) in [6, 6.07) is 10.5. The highest BCUT2D eigenvalue weighted by Gasteiger charge is 2.18. The Morgan fingerprint density at radius 1 is 1.17 bits per heavy atom. The van der Waals surface area contributed by atoms with Crippen LogP contribution in [0.3, 0.4) is 0 Å². The summed E-state index contributed by atoms with van der Waals surface area (Å²) < 4.78 is 0.199. The van der Waals surface area contributed by atoms with Crippen molar-refractivity contribution in [3.05, 3.63) is 52.2 Å². The van der Waals surface area contributed by atoms with Crippen LogP contribution < -0.4 is 5.73 Å². The van der Waals surface area contributed by atoms with Gasteiger partial charge in [-0.25, -0.2) is 0 Å². The van der Waals surface area contributed by atoms with Crippen molar-refractivity contribution in [2.45, 2.75) is 36.5 Å². The molecule has 0 saturated carbocycles. The average Bonchev–Trinajstić information content (AvgIpc) is 2.80. The molecule has 0 aliphatic carbocycles. The van der Waals surface area contributed by atoms with E-state index in [-0.39, 0.29) is 10.8 Å². The van der Waals surface area contributed by atoms with Crippen LogP contribution in [0.25, 0.3) is 0 Å². The quantitative estimate of drug-likeness (QED) is 0.824. The first-order chi connectivity index (χ1) is 8.47. The highest BCUT2D eigenvalue weighted by molar-refractivity contribution is 8.00. The first-order valence-corrected chi connectivity index (χ1v) is 7.79. The molecular formula is C15H19NS2. The number of hydrogen-bond acceptors (Lipinski definition) is 3. The summed E-state index contributed by atoms with van der Waals surface area (Å²) in [4.78, 5) is 1.28. The Morgan fingerprint density at radius 3 is 2.50 bits per heavy atom. The second-order valence-corrected chi connectivity index (χ2v) is 7.94. The van der Waals surface area contributed by atoms with Gasteiger partial charge in [-0.2, -0.15) is 11.3 Å². The summed E-state index contributed by atoms with van der Waals surface area (Å²) in [5.41, 5.74) is 8.79. The second-order valence-electron chi connectivity index (χ2n) is 5.29. The molecule has 0 radical (unpaired) electrons. The zero-order valence-corrected chi connectivity index (χ0v) is 12.6. The summed E-state index contributed by atoms with van der Waals surface area (Å²) in [6.45, 7) is 6.68. The molecule has 1 nitrogen and oxygen atoms in total. The summed E-state index contributed by atoms with van der Waals surface area (Å²) >= 11 is 3.57. The Hall–Kier alpha value is -0.770. The molecule has 2 rings (SSSR count). The van der Waals surface area contributed by atoms with Crippen LogP contribution in [0.5, 0.6) is 0 Å². The van der Waals surface area contributed by atoms with Crippen molar-refractivity contribution in [2.75, 3.05) is 0 Å². The van der Waals surface area contributed by atoms with Crippen LogP contribution in [0.1, 0.15) is 37.9 Å². The summed E-state index contributed by atoms with van der Waals surface area (Å²) in [5.74, 6) is 0. The van der Waals surface area contributed by atoms with Crippen molar-refractivity contribution in [1.29, 1.82) is 0 Å². The largest absolute Gasteiger partial charge is 0.320 e. The first-order valence-electron chi connectivity index (χ1n) is 6.03. The van der Waals surface area contributed by atoms with E-state index in [0.717, 1.165) is 0 Å². The van der Waals surface area contributed by atoms with Crippen LogP contribution in [0.4, 0.5) is 0 Å². The molecule has 0 spiro atoms. The van der Waals surface area contributed by atoms with E-state index < -0.39 is 0 Å². The van der Waals surface area contributed by atoms with Crippen molar-refractivity contribution in [1.82, 2.24) is 0 Å². The Kier molecular flexibility index (Phi) is 4.15. The van der Waals surface area contributed by atoms with Crippen molar-refractivity contribution in [3.8, 4) is 0 Å². The molecule has 1 aromatic heterocycles. The van der Waals surface area contributed by atoms with Gasteiger partial charge in [0.1, 0.15) is 0 Å². The molecule has 0 aliphatic heterocycles. The fourth-order valence-corrected chi connectivity index (χ4v) is 3.61. The van der Waals surface area contributed by atoms with Gasteiger partial charge in [0.05, 0.1) is 6.04 Å². The SMILES string of the molecule is CC(C)(C)Sc1ccccc1[C@@H](N)c1ccsc1. The van der Waals surface area contributed by atoms with Gasteiger partial charge in [0, 0.05) is 9.64 Å². The lowest BCUT2D eigenvalue weighted by Gasteiger charge is -2.22. The van der Waals surface area contributed by atoms with Crippen LogP contribution in [-0.2, 0) is 0 Å². The third kappa shape index (κ3) is 3.37. The summed E-state index contributed by atoms with van der Waals surface area (Å²) in [6.07, 6.45) is 0. The molecule has 0 bridgehead atoms. The minimum absolute atomic E-state index is 0.0256. The van der Waals surface area contributed by atoms with Crippen LogP contribution in [-0.4, -0.2) is 4.75 Å². The highest BCUT2D eigenvalue weighted by atomic mass is 32.2. The molecular weight excluding hydrogens is 258 g/mol.